The SMILES string of the molecule is Cl.O=C(c1n[nH]c2cc(Br)ccc12)C1N[C@H]2CN[C@H]1C2. The van der Waals surface area contributed by atoms with Crippen LogP contribution >= 0.6 is 28.3 Å². The quantitative estimate of drug-likeness (QED) is 0.715. The van der Waals surface area contributed by atoms with Crippen molar-refractivity contribution in [2.45, 2.75) is 24.5 Å². The lowest BCUT2D eigenvalue weighted by molar-refractivity contribution is 0.0927. The number of hydrogen-bond acceptors (Lipinski definition) is 4. The van der Waals surface area contributed by atoms with Gasteiger partial charge in [-0.25, -0.2) is 0 Å². The molecule has 0 saturated carbocycles. The van der Waals surface area contributed by atoms with Gasteiger partial charge in [0.15, 0.2) is 0 Å². The van der Waals surface area contributed by atoms with Crippen molar-refractivity contribution in [1.29, 1.82) is 0 Å². The molecule has 0 aliphatic carbocycles. The number of Topliss-reactive ketones (excluding diaryl/α,β-unsaturated/α-hetero) is 1. The van der Waals surface area contributed by atoms with Crippen LogP contribution in [0.5, 0.6) is 0 Å². The number of aromatic nitrogens is 2. The average molecular weight is 358 g/mol. The summed E-state index contributed by atoms with van der Waals surface area (Å²) in [5.74, 6) is 0.0771. The number of aromatic amines is 1. The lowest BCUT2D eigenvalue weighted by Crippen LogP contribution is -2.52. The van der Waals surface area contributed by atoms with Crippen LogP contribution in [0, 0.1) is 0 Å². The number of hydrogen-bond donors (Lipinski definition) is 3. The van der Waals surface area contributed by atoms with Crippen molar-refractivity contribution in [3.8, 4) is 0 Å². The molecule has 1 aromatic carbocycles. The lowest BCUT2D eigenvalue weighted by atomic mass is 10.0. The number of nitrogens with zero attached hydrogens (tertiary/aromatic N) is 1. The van der Waals surface area contributed by atoms with Crippen molar-refractivity contribution in [3.05, 3.63) is 28.4 Å². The second-order valence-electron chi connectivity index (χ2n) is 5.22. The van der Waals surface area contributed by atoms with Gasteiger partial charge in [-0.05, 0) is 24.6 Å². The third-order valence-electron chi connectivity index (χ3n) is 4.02. The van der Waals surface area contributed by atoms with Gasteiger partial charge in [-0.1, -0.05) is 15.9 Å². The van der Waals surface area contributed by atoms with E-state index in [4.69, 9.17) is 0 Å². The second-order valence-corrected chi connectivity index (χ2v) is 6.13. The number of halogens is 2. The Hall–Kier alpha value is -0.950. The minimum atomic E-state index is -0.145. The van der Waals surface area contributed by atoms with Crippen LogP contribution in [0.1, 0.15) is 16.9 Å². The topological polar surface area (TPSA) is 69.8 Å². The zero-order valence-corrected chi connectivity index (χ0v) is 12.9. The third-order valence-corrected chi connectivity index (χ3v) is 4.52. The predicted molar refractivity (Wildman–Crippen MR) is 82.5 cm³/mol. The van der Waals surface area contributed by atoms with E-state index in [-0.39, 0.29) is 30.3 Å². The molecule has 106 valence electrons. The fourth-order valence-electron chi connectivity index (χ4n) is 3.10. The molecule has 5 nitrogen and oxygen atoms in total. The van der Waals surface area contributed by atoms with Gasteiger partial charge >= 0.3 is 0 Å². The van der Waals surface area contributed by atoms with E-state index in [0.717, 1.165) is 28.3 Å². The van der Waals surface area contributed by atoms with Crippen molar-refractivity contribution >= 4 is 45.0 Å². The summed E-state index contributed by atoms with van der Waals surface area (Å²) in [5, 5.41) is 14.8. The van der Waals surface area contributed by atoms with Crippen molar-refractivity contribution in [2.75, 3.05) is 6.54 Å². The fraction of sp³-hybridized carbons (Fsp3) is 0.385. The van der Waals surface area contributed by atoms with Gasteiger partial charge in [0.05, 0.1) is 11.6 Å². The maximum absolute atomic E-state index is 12.6. The van der Waals surface area contributed by atoms with Gasteiger partial charge in [0.25, 0.3) is 0 Å². The molecule has 20 heavy (non-hydrogen) atoms. The number of H-pyrrole nitrogens is 1. The van der Waals surface area contributed by atoms with E-state index in [1.54, 1.807) is 0 Å². The van der Waals surface area contributed by atoms with Crippen LogP contribution < -0.4 is 10.6 Å². The largest absolute Gasteiger partial charge is 0.310 e. The molecule has 2 fully saturated rings. The van der Waals surface area contributed by atoms with Crippen LogP contribution in [0.4, 0.5) is 0 Å². The molecule has 7 heteroatoms. The van der Waals surface area contributed by atoms with Crippen LogP contribution in [0.3, 0.4) is 0 Å². The van der Waals surface area contributed by atoms with Gasteiger partial charge < -0.3 is 10.6 Å². The van der Waals surface area contributed by atoms with E-state index in [1.807, 2.05) is 18.2 Å². The van der Waals surface area contributed by atoms with Crippen molar-refractivity contribution in [1.82, 2.24) is 20.8 Å². The number of fused-ring (bicyclic) bond motifs is 3. The normalized spacial score (nSPS) is 27.8. The van der Waals surface area contributed by atoms with E-state index in [1.165, 1.54) is 0 Å². The van der Waals surface area contributed by atoms with E-state index >= 15 is 0 Å². The summed E-state index contributed by atoms with van der Waals surface area (Å²) in [6.45, 7) is 0.961. The maximum atomic E-state index is 12.6. The standard InChI is InChI=1S/C13H13BrN4O.ClH/c14-6-1-2-8-9(3-6)17-18-11(8)13(19)12-10-4-7(16-12)5-15-10;/h1-3,7,10,12,15-16H,4-5H2,(H,17,18);1H/t7-,10+,12?;/m1./s1. The van der Waals surface area contributed by atoms with E-state index < -0.39 is 0 Å². The van der Waals surface area contributed by atoms with Gasteiger partial charge in [0.1, 0.15) is 5.69 Å². The summed E-state index contributed by atoms with van der Waals surface area (Å²) in [4.78, 5) is 12.6. The molecule has 3 atom stereocenters. The minimum Gasteiger partial charge on any atom is -0.310 e. The highest BCUT2D eigenvalue weighted by Crippen LogP contribution is 2.26. The molecule has 2 aromatic rings. The molecule has 2 aliphatic heterocycles. The smallest absolute Gasteiger partial charge is 0.202 e. The summed E-state index contributed by atoms with van der Waals surface area (Å²) in [5.41, 5.74) is 1.42. The van der Waals surface area contributed by atoms with E-state index in [9.17, 15) is 4.79 Å². The zero-order chi connectivity index (χ0) is 13.0. The van der Waals surface area contributed by atoms with Crippen molar-refractivity contribution in [3.63, 3.8) is 0 Å². The Kier molecular flexibility index (Phi) is 3.58. The molecule has 2 aliphatic rings. The first-order chi connectivity index (χ1) is 9.22. The highest BCUT2D eigenvalue weighted by atomic mass is 79.9. The van der Waals surface area contributed by atoms with Gasteiger partial charge in [-0.2, -0.15) is 5.10 Å². The van der Waals surface area contributed by atoms with Crippen LogP contribution in [0.2, 0.25) is 0 Å². The van der Waals surface area contributed by atoms with Gasteiger partial charge in [-0.3, -0.25) is 9.89 Å². The Morgan fingerprint density at radius 2 is 2.25 bits per heavy atom. The molecule has 2 saturated heterocycles. The second kappa shape index (κ2) is 5.11. The number of piperazine rings is 1. The number of ketones is 1. The maximum Gasteiger partial charge on any atom is 0.202 e. The first-order valence-electron chi connectivity index (χ1n) is 6.39. The number of nitrogens with one attached hydrogen (secondary N) is 3. The molecular weight excluding hydrogens is 344 g/mol. The van der Waals surface area contributed by atoms with Crippen molar-refractivity contribution < 1.29 is 4.79 Å². The molecule has 4 rings (SSSR count). The van der Waals surface area contributed by atoms with Gasteiger partial charge in [0.2, 0.25) is 5.78 Å². The molecule has 0 radical (unpaired) electrons. The average Bonchev–Trinajstić information content (AvgIpc) is 3.11. The minimum absolute atomic E-state index is 0. The number of carbonyl (C=O) groups is 1. The lowest BCUT2D eigenvalue weighted by Gasteiger charge is -2.22. The summed E-state index contributed by atoms with van der Waals surface area (Å²) >= 11 is 3.42. The molecule has 0 spiro atoms. The Morgan fingerprint density at radius 1 is 1.40 bits per heavy atom. The third kappa shape index (κ3) is 2.07. The molecule has 0 amide bonds. The molecule has 3 heterocycles. The first-order valence-corrected chi connectivity index (χ1v) is 7.19. The number of carbonyl (C=O) groups excluding carboxylic acids is 1. The Morgan fingerprint density at radius 3 is 2.95 bits per heavy atom. The van der Waals surface area contributed by atoms with E-state index in [2.05, 4.69) is 36.8 Å². The molecular formula is C13H14BrClN4O. The first kappa shape index (κ1) is 14.0. The monoisotopic (exact) mass is 356 g/mol. The van der Waals surface area contributed by atoms with Crippen LogP contribution in [0.25, 0.3) is 10.9 Å². The fourth-order valence-corrected chi connectivity index (χ4v) is 3.46. The van der Waals surface area contributed by atoms with Crippen LogP contribution in [0.15, 0.2) is 22.7 Å². The molecule has 2 bridgehead atoms. The Bertz CT molecular complexity index is 673. The molecule has 1 unspecified atom stereocenters. The van der Waals surface area contributed by atoms with Gasteiger partial charge in [-0.15, -0.1) is 12.4 Å². The summed E-state index contributed by atoms with van der Waals surface area (Å²) in [6, 6.07) is 6.33. The predicted octanol–water partition coefficient (Wildman–Crippen LogP) is 1.63. The summed E-state index contributed by atoms with van der Waals surface area (Å²) < 4.78 is 0.974. The van der Waals surface area contributed by atoms with E-state index in [0.29, 0.717) is 11.7 Å². The Balaban J connectivity index is 0.00000121. The summed E-state index contributed by atoms with van der Waals surface area (Å²) in [6.07, 6.45) is 1.03. The van der Waals surface area contributed by atoms with Gasteiger partial charge in [0, 0.05) is 28.5 Å². The van der Waals surface area contributed by atoms with Crippen LogP contribution in [-0.4, -0.2) is 40.7 Å². The number of benzene rings is 1. The Labute approximate surface area is 130 Å². The number of rotatable bonds is 2. The zero-order valence-electron chi connectivity index (χ0n) is 10.5. The summed E-state index contributed by atoms with van der Waals surface area (Å²) in [7, 11) is 0. The van der Waals surface area contributed by atoms with Crippen LogP contribution in [-0.2, 0) is 0 Å². The molecule has 3 N–H and O–H groups in total. The van der Waals surface area contributed by atoms with Crippen molar-refractivity contribution in [2.24, 2.45) is 0 Å². The molecule has 1 aromatic heterocycles. The highest BCUT2D eigenvalue weighted by molar-refractivity contribution is 9.10. The highest BCUT2D eigenvalue weighted by Gasteiger charge is 2.43.